The van der Waals surface area contributed by atoms with E-state index in [1.165, 1.54) is 0 Å². The van der Waals surface area contributed by atoms with Gasteiger partial charge in [-0.15, -0.1) is 0 Å². The number of carbonyl (C=O) groups is 2. The fraction of sp³-hybridized carbons (Fsp3) is 0.467. The molecule has 4 nitrogen and oxygen atoms in total. The third-order valence-electron chi connectivity index (χ3n) is 3.40. The maximum atomic E-state index is 11.5. The van der Waals surface area contributed by atoms with Crippen LogP contribution in [0.2, 0.25) is 0 Å². The number of carboxylic acid groups (broad SMARTS) is 2. The molecule has 108 valence electrons. The van der Waals surface area contributed by atoms with Crippen molar-refractivity contribution in [2.45, 2.75) is 44.4 Å². The average Bonchev–Trinajstić information content (AvgIpc) is 2.39. The van der Waals surface area contributed by atoms with Crippen molar-refractivity contribution < 1.29 is 104 Å². The Kier molecular flexibility index (Phi) is 14.0. The molecule has 0 atom stereocenters. The van der Waals surface area contributed by atoms with Gasteiger partial charge in [0, 0.05) is 0 Å². The van der Waals surface area contributed by atoms with Crippen molar-refractivity contribution in [3.05, 3.63) is 35.9 Å². The molecule has 1 rings (SSSR count). The van der Waals surface area contributed by atoms with Crippen molar-refractivity contribution in [2.75, 3.05) is 0 Å². The van der Waals surface area contributed by atoms with Gasteiger partial charge in [0.2, 0.25) is 0 Å². The zero-order valence-corrected chi connectivity index (χ0v) is 18.3. The Labute approximate surface area is 193 Å². The molecule has 1 aromatic rings. The summed E-state index contributed by atoms with van der Waals surface area (Å²) in [6.07, 6.45) is 3.59. The van der Waals surface area contributed by atoms with E-state index in [1.807, 2.05) is 0 Å². The quantitative estimate of drug-likeness (QED) is 0.309. The zero-order chi connectivity index (χ0) is 14.3. The predicted octanol–water partition coefficient (Wildman–Crippen LogP) is -2.70. The van der Waals surface area contributed by atoms with Crippen molar-refractivity contribution in [3.8, 4) is 0 Å². The van der Waals surface area contributed by atoms with Gasteiger partial charge < -0.3 is 13.1 Å². The van der Waals surface area contributed by atoms with Crippen LogP contribution >= 0.6 is 0 Å². The van der Waals surface area contributed by atoms with Crippen molar-refractivity contribution in [1.29, 1.82) is 0 Å². The number of benzene rings is 1. The van der Waals surface area contributed by atoms with Crippen LogP contribution in [0.15, 0.2) is 30.3 Å². The number of rotatable bonds is 8. The number of hydrogen-bond donors (Lipinski definition) is 2. The second-order valence-corrected chi connectivity index (χ2v) is 4.69. The van der Waals surface area contributed by atoms with Crippen LogP contribution in [-0.2, 0) is 15.0 Å². The monoisotopic (exact) mass is 328 g/mol. The van der Waals surface area contributed by atoms with Crippen LogP contribution in [0, 0.1) is 0 Å². The van der Waals surface area contributed by atoms with Gasteiger partial charge in [0.1, 0.15) is 0 Å². The Morgan fingerprint density at radius 1 is 1.05 bits per heavy atom. The predicted molar refractivity (Wildman–Crippen MR) is 74.4 cm³/mol. The Bertz CT molecular complexity index is 432. The van der Waals surface area contributed by atoms with E-state index in [-0.39, 0.29) is 90.2 Å². The second-order valence-electron chi connectivity index (χ2n) is 4.69. The maximum absolute atomic E-state index is 11.5. The maximum Gasteiger partial charge on any atom is 1.00 e. The van der Waals surface area contributed by atoms with Crippen LogP contribution < -0.4 is 80.9 Å². The van der Waals surface area contributed by atoms with Gasteiger partial charge in [-0.05, 0) is 12.0 Å². The molecule has 0 saturated carbocycles. The smallest absolute Gasteiger partial charge is 1.00 e. The topological polar surface area (TPSA) is 74.6 Å². The van der Waals surface area contributed by atoms with Crippen molar-refractivity contribution in [3.63, 3.8) is 0 Å². The first kappa shape index (κ1) is 24.1. The van der Waals surface area contributed by atoms with Crippen LogP contribution in [0.25, 0.3) is 0 Å². The molecule has 0 unspecified atom stereocenters. The Balaban J connectivity index is -0.000000451. The van der Waals surface area contributed by atoms with E-state index in [0.29, 0.717) is 12.0 Å². The summed E-state index contributed by atoms with van der Waals surface area (Å²) < 4.78 is 0. The first-order chi connectivity index (χ1) is 9.05. The summed E-state index contributed by atoms with van der Waals surface area (Å²) in [6, 6.07) is 8.23. The SMILES string of the molecule is CCCCCCC(C(=O)O)(C(=O)O)c1ccccc1.[H-].[H-].[K+].[Na+]. The molecule has 2 N–H and O–H groups in total. The van der Waals surface area contributed by atoms with E-state index >= 15 is 0 Å². The van der Waals surface area contributed by atoms with E-state index in [4.69, 9.17) is 0 Å². The molecule has 0 aliphatic carbocycles. The Hall–Kier alpha value is 0.796. The minimum Gasteiger partial charge on any atom is -1.00 e. The molecule has 1 aromatic carbocycles. The molecular formula is C15H22KNaO4. The molecular weight excluding hydrogens is 306 g/mol. The van der Waals surface area contributed by atoms with Crippen molar-refractivity contribution >= 4 is 11.9 Å². The number of carboxylic acids is 2. The Morgan fingerprint density at radius 3 is 2.00 bits per heavy atom. The largest absolute Gasteiger partial charge is 1.00 e. The zero-order valence-electron chi connectivity index (χ0n) is 15.1. The number of hydrogen-bond acceptors (Lipinski definition) is 2. The fourth-order valence-electron chi connectivity index (χ4n) is 2.24. The molecule has 0 aromatic heterocycles. The molecule has 0 heterocycles. The van der Waals surface area contributed by atoms with Crippen LogP contribution in [-0.4, -0.2) is 22.2 Å². The fourth-order valence-corrected chi connectivity index (χ4v) is 2.24. The minimum atomic E-state index is -1.82. The van der Waals surface area contributed by atoms with Crippen LogP contribution in [0.4, 0.5) is 0 Å². The summed E-state index contributed by atoms with van der Waals surface area (Å²) in [5.41, 5.74) is -1.49. The molecule has 21 heavy (non-hydrogen) atoms. The van der Waals surface area contributed by atoms with Gasteiger partial charge in [0.15, 0.2) is 5.41 Å². The molecule has 0 radical (unpaired) electrons. The first-order valence-corrected chi connectivity index (χ1v) is 6.58. The molecule has 0 saturated heterocycles. The van der Waals surface area contributed by atoms with Gasteiger partial charge in [0.25, 0.3) is 0 Å². The van der Waals surface area contributed by atoms with Crippen LogP contribution in [0.5, 0.6) is 0 Å². The minimum absolute atomic E-state index is 0. The summed E-state index contributed by atoms with van der Waals surface area (Å²) in [4.78, 5) is 23.1. The van der Waals surface area contributed by atoms with Crippen LogP contribution in [0.3, 0.4) is 0 Å². The van der Waals surface area contributed by atoms with Gasteiger partial charge in [-0.1, -0.05) is 62.9 Å². The van der Waals surface area contributed by atoms with Gasteiger partial charge in [-0.25, -0.2) is 0 Å². The van der Waals surface area contributed by atoms with Gasteiger partial charge in [-0.2, -0.15) is 0 Å². The van der Waals surface area contributed by atoms with E-state index in [2.05, 4.69) is 6.92 Å². The molecule has 0 bridgehead atoms. The van der Waals surface area contributed by atoms with Gasteiger partial charge in [0.05, 0.1) is 0 Å². The third-order valence-corrected chi connectivity index (χ3v) is 3.40. The normalized spacial score (nSPS) is 10.1. The number of unbranched alkanes of at least 4 members (excludes halogenated alkanes) is 3. The standard InChI is InChI=1S/C15H20O4.K.Na.2H/c1-2-3-4-8-11-15(13(16)17,14(18)19)12-9-6-5-7-10-12;;;;/h5-7,9-10H,2-4,8,11H2,1H3,(H,16,17)(H,18,19);;;;/q;2*+1;2*-1. The van der Waals surface area contributed by atoms with Crippen molar-refractivity contribution in [1.82, 2.24) is 0 Å². The molecule has 0 amide bonds. The average molecular weight is 328 g/mol. The molecule has 0 aliphatic rings. The Morgan fingerprint density at radius 2 is 1.57 bits per heavy atom. The second kappa shape index (κ2) is 12.2. The molecule has 0 spiro atoms. The summed E-state index contributed by atoms with van der Waals surface area (Å²) in [5.74, 6) is -2.58. The summed E-state index contributed by atoms with van der Waals surface area (Å²) >= 11 is 0. The van der Waals surface area contributed by atoms with Gasteiger partial charge in [-0.3, -0.25) is 9.59 Å². The molecule has 0 aliphatic heterocycles. The van der Waals surface area contributed by atoms with E-state index < -0.39 is 17.4 Å². The van der Waals surface area contributed by atoms with E-state index in [0.717, 1.165) is 19.3 Å². The first-order valence-electron chi connectivity index (χ1n) is 6.58. The van der Waals surface area contributed by atoms with Gasteiger partial charge >= 0.3 is 92.9 Å². The van der Waals surface area contributed by atoms with Crippen molar-refractivity contribution in [2.24, 2.45) is 0 Å². The summed E-state index contributed by atoms with van der Waals surface area (Å²) in [7, 11) is 0. The molecule has 0 fully saturated rings. The third kappa shape index (κ3) is 6.43. The summed E-state index contributed by atoms with van der Waals surface area (Å²) in [6.45, 7) is 2.05. The van der Waals surface area contributed by atoms with E-state index in [9.17, 15) is 19.8 Å². The molecule has 6 heteroatoms. The number of aliphatic carboxylic acids is 2. The van der Waals surface area contributed by atoms with Crippen LogP contribution in [0.1, 0.15) is 47.4 Å². The van der Waals surface area contributed by atoms with E-state index in [1.54, 1.807) is 30.3 Å². The summed E-state index contributed by atoms with van der Waals surface area (Å²) in [5, 5.41) is 18.8.